The average Bonchev–Trinajstić information content (AvgIpc) is 2.71. The molecule has 0 aliphatic heterocycles. The van der Waals surface area contributed by atoms with Crippen LogP contribution in [-0.4, -0.2) is 50.5 Å². The number of hydrogen-bond acceptors (Lipinski definition) is 4. The Morgan fingerprint density at radius 3 is 2.06 bits per heavy atom. The fraction of sp³-hybridized carbons (Fsp3) is 0.417. The van der Waals surface area contributed by atoms with Gasteiger partial charge in [-0.05, 0) is 56.9 Å². The smallest absolute Gasteiger partial charge is 0.244 e. The monoisotopic (exact) mass is 459 g/mol. The van der Waals surface area contributed by atoms with Gasteiger partial charge in [-0.1, -0.05) is 42.5 Å². The minimum absolute atomic E-state index is 0.203. The first-order valence-corrected chi connectivity index (χ1v) is 12.5. The average molecular weight is 460 g/mol. The Morgan fingerprint density at radius 1 is 0.969 bits per heavy atom. The first kappa shape index (κ1) is 25.4. The molecule has 0 unspecified atom stereocenters. The van der Waals surface area contributed by atoms with Crippen molar-refractivity contribution < 1.29 is 18.0 Å². The van der Waals surface area contributed by atoms with Crippen molar-refractivity contribution in [3.8, 4) is 0 Å². The Morgan fingerprint density at radius 2 is 1.53 bits per heavy atom. The topological polar surface area (TPSA) is 86.8 Å². The number of benzene rings is 2. The van der Waals surface area contributed by atoms with Crippen LogP contribution in [0.3, 0.4) is 0 Å². The van der Waals surface area contributed by atoms with Crippen LogP contribution in [0.25, 0.3) is 0 Å². The third kappa shape index (κ3) is 6.09. The standard InChI is InChI=1S/C24H33N3O4S/c1-7-25-24(29)20(5)26(15-21-14-9-8-11-17(21)2)22(28)16-27(32(6,30)31)23-18(3)12-10-13-19(23)4/h8-14,20H,7,15-16H2,1-6H3,(H,25,29)/t20-/m0/s1. The van der Waals surface area contributed by atoms with E-state index in [1.165, 1.54) is 4.90 Å². The summed E-state index contributed by atoms with van der Waals surface area (Å²) in [5.74, 6) is -0.729. The molecule has 1 N–H and O–H groups in total. The summed E-state index contributed by atoms with van der Waals surface area (Å²) in [4.78, 5) is 27.5. The minimum Gasteiger partial charge on any atom is -0.355 e. The molecule has 0 spiro atoms. The molecule has 2 aromatic carbocycles. The van der Waals surface area contributed by atoms with Crippen LogP contribution in [0.2, 0.25) is 0 Å². The van der Waals surface area contributed by atoms with Gasteiger partial charge in [0.1, 0.15) is 12.6 Å². The summed E-state index contributed by atoms with van der Waals surface area (Å²) in [7, 11) is -3.74. The number of anilines is 1. The van der Waals surface area contributed by atoms with Gasteiger partial charge in [-0.15, -0.1) is 0 Å². The lowest BCUT2D eigenvalue weighted by Crippen LogP contribution is -2.51. The third-order valence-corrected chi connectivity index (χ3v) is 6.60. The van der Waals surface area contributed by atoms with Crippen LogP contribution in [0, 0.1) is 20.8 Å². The predicted octanol–water partition coefficient (Wildman–Crippen LogP) is 2.93. The number of nitrogens with zero attached hydrogens (tertiary/aromatic N) is 2. The number of rotatable bonds is 9. The van der Waals surface area contributed by atoms with Crippen molar-refractivity contribution in [1.82, 2.24) is 10.2 Å². The molecular formula is C24H33N3O4S. The Labute approximate surface area is 191 Å². The van der Waals surface area contributed by atoms with Crippen molar-refractivity contribution in [2.45, 2.75) is 47.2 Å². The molecule has 2 amide bonds. The number of hydrogen-bond donors (Lipinski definition) is 1. The molecule has 0 heterocycles. The zero-order valence-electron chi connectivity index (χ0n) is 19.7. The van der Waals surface area contributed by atoms with E-state index in [0.717, 1.165) is 32.8 Å². The zero-order valence-corrected chi connectivity index (χ0v) is 20.5. The molecule has 0 bridgehead atoms. The predicted molar refractivity (Wildman–Crippen MR) is 128 cm³/mol. The van der Waals surface area contributed by atoms with E-state index in [2.05, 4.69) is 5.32 Å². The third-order valence-electron chi connectivity index (χ3n) is 5.49. The van der Waals surface area contributed by atoms with Gasteiger partial charge in [0.15, 0.2) is 0 Å². The highest BCUT2D eigenvalue weighted by Gasteiger charge is 2.31. The van der Waals surface area contributed by atoms with Gasteiger partial charge in [-0.3, -0.25) is 13.9 Å². The Bertz CT molecular complexity index is 1060. The van der Waals surface area contributed by atoms with Gasteiger partial charge in [0.25, 0.3) is 0 Å². The number of sulfonamides is 1. The van der Waals surface area contributed by atoms with Gasteiger partial charge < -0.3 is 10.2 Å². The van der Waals surface area contributed by atoms with Crippen LogP contribution in [0.5, 0.6) is 0 Å². The van der Waals surface area contributed by atoms with E-state index in [4.69, 9.17) is 0 Å². The van der Waals surface area contributed by atoms with Gasteiger partial charge in [0.2, 0.25) is 21.8 Å². The summed E-state index contributed by atoms with van der Waals surface area (Å²) >= 11 is 0. The molecule has 8 heteroatoms. The van der Waals surface area contributed by atoms with Crippen molar-refractivity contribution in [2.24, 2.45) is 0 Å². The highest BCUT2D eigenvalue weighted by Crippen LogP contribution is 2.27. The van der Waals surface area contributed by atoms with Gasteiger partial charge in [0, 0.05) is 13.1 Å². The SMILES string of the molecule is CCNC(=O)[C@H](C)N(Cc1ccccc1C)C(=O)CN(c1c(C)cccc1C)S(C)(=O)=O. The highest BCUT2D eigenvalue weighted by atomic mass is 32.2. The molecule has 0 fully saturated rings. The fourth-order valence-corrected chi connectivity index (χ4v) is 4.62. The van der Waals surface area contributed by atoms with Crippen molar-refractivity contribution in [2.75, 3.05) is 23.7 Å². The number of likely N-dealkylation sites (N-methyl/N-ethyl adjacent to an activating group) is 1. The molecule has 1 atom stereocenters. The lowest BCUT2D eigenvalue weighted by atomic mass is 10.1. The van der Waals surface area contributed by atoms with Crippen LogP contribution >= 0.6 is 0 Å². The van der Waals surface area contributed by atoms with Crippen LogP contribution in [-0.2, 0) is 26.2 Å². The maximum atomic E-state index is 13.5. The molecule has 7 nitrogen and oxygen atoms in total. The summed E-state index contributed by atoms with van der Waals surface area (Å²) < 4.78 is 26.5. The normalized spacial score (nSPS) is 12.2. The van der Waals surface area contributed by atoms with Gasteiger partial charge in [-0.2, -0.15) is 0 Å². The first-order valence-electron chi connectivity index (χ1n) is 10.6. The molecule has 32 heavy (non-hydrogen) atoms. The molecule has 0 saturated heterocycles. The largest absolute Gasteiger partial charge is 0.355 e. The van der Waals surface area contributed by atoms with Crippen molar-refractivity contribution in [1.29, 1.82) is 0 Å². The first-order chi connectivity index (χ1) is 15.0. The van der Waals surface area contributed by atoms with Gasteiger partial charge >= 0.3 is 0 Å². The second-order valence-corrected chi connectivity index (χ2v) is 9.94. The maximum absolute atomic E-state index is 13.5. The number of nitrogens with one attached hydrogen (secondary N) is 1. The Balaban J connectivity index is 2.46. The molecule has 174 valence electrons. The van der Waals surface area contributed by atoms with Gasteiger partial charge in [-0.25, -0.2) is 8.42 Å². The summed E-state index contributed by atoms with van der Waals surface area (Å²) in [5, 5.41) is 2.75. The van der Waals surface area contributed by atoms with E-state index in [1.54, 1.807) is 6.92 Å². The second-order valence-electron chi connectivity index (χ2n) is 8.03. The van der Waals surface area contributed by atoms with Crippen LogP contribution in [0.15, 0.2) is 42.5 Å². The van der Waals surface area contributed by atoms with Crippen LogP contribution in [0.4, 0.5) is 5.69 Å². The molecule has 2 aromatic rings. The van der Waals surface area contributed by atoms with E-state index in [9.17, 15) is 18.0 Å². The lowest BCUT2D eigenvalue weighted by molar-refractivity contribution is -0.139. The molecule has 0 aliphatic carbocycles. The van der Waals surface area contributed by atoms with Crippen molar-refractivity contribution >= 4 is 27.5 Å². The Kier molecular flexibility index (Phi) is 8.44. The number of amides is 2. The highest BCUT2D eigenvalue weighted by molar-refractivity contribution is 7.92. The molecule has 0 saturated carbocycles. The zero-order chi connectivity index (χ0) is 24.1. The molecule has 0 radical (unpaired) electrons. The number of para-hydroxylation sites is 1. The molecular weight excluding hydrogens is 426 g/mol. The molecule has 2 rings (SSSR count). The maximum Gasteiger partial charge on any atom is 0.244 e. The van der Waals surface area contributed by atoms with Crippen molar-refractivity contribution in [3.05, 3.63) is 64.7 Å². The van der Waals surface area contributed by atoms with E-state index in [0.29, 0.717) is 12.2 Å². The number of aryl methyl sites for hydroxylation is 3. The van der Waals surface area contributed by atoms with E-state index >= 15 is 0 Å². The van der Waals surface area contributed by atoms with E-state index in [-0.39, 0.29) is 19.0 Å². The summed E-state index contributed by atoms with van der Waals surface area (Å²) in [6, 6.07) is 12.3. The van der Waals surface area contributed by atoms with E-state index < -0.39 is 22.0 Å². The summed E-state index contributed by atoms with van der Waals surface area (Å²) in [6.45, 7) is 9.28. The van der Waals surface area contributed by atoms with Crippen LogP contribution in [0.1, 0.15) is 36.1 Å². The van der Waals surface area contributed by atoms with Crippen LogP contribution < -0.4 is 9.62 Å². The van der Waals surface area contributed by atoms with E-state index in [1.807, 2.05) is 70.2 Å². The lowest BCUT2D eigenvalue weighted by Gasteiger charge is -2.32. The second kappa shape index (κ2) is 10.6. The number of carbonyl (C=O) groups excluding carboxylic acids is 2. The summed E-state index contributed by atoms with van der Waals surface area (Å²) in [5.41, 5.74) is 3.89. The Hall–Kier alpha value is -2.87. The summed E-state index contributed by atoms with van der Waals surface area (Å²) in [6.07, 6.45) is 1.09. The van der Waals surface area contributed by atoms with Crippen molar-refractivity contribution in [3.63, 3.8) is 0 Å². The molecule has 0 aromatic heterocycles. The minimum atomic E-state index is -3.74. The quantitative estimate of drug-likeness (QED) is 0.625. The van der Waals surface area contributed by atoms with Gasteiger partial charge in [0.05, 0.1) is 11.9 Å². The number of carbonyl (C=O) groups is 2. The fourth-order valence-electron chi connectivity index (χ4n) is 3.65. The molecule has 0 aliphatic rings.